The Morgan fingerprint density at radius 3 is 2.63 bits per heavy atom. The lowest BCUT2D eigenvalue weighted by atomic mass is 10.1. The fraction of sp³-hybridized carbons (Fsp3) is 0.429. The number of carbonyl (C=O) groups is 2. The van der Waals surface area contributed by atoms with Crippen molar-refractivity contribution in [1.82, 2.24) is 0 Å². The van der Waals surface area contributed by atoms with Crippen molar-refractivity contribution in [3.8, 4) is 0 Å². The lowest BCUT2D eigenvalue weighted by Gasteiger charge is -2.10. The molecule has 102 valence electrons. The van der Waals surface area contributed by atoms with Crippen LogP contribution in [0.4, 0.5) is 5.69 Å². The number of carbonyl (C=O) groups excluding carboxylic acids is 2. The van der Waals surface area contributed by atoms with Crippen molar-refractivity contribution >= 4 is 29.2 Å². The van der Waals surface area contributed by atoms with Crippen LogP contribution < -0.4 is 5.32 Å². The van der Waals surface area contributed by atoms with E-state index >= 15 is 0 Å². The molecule has 1 N–H and O–H groups in total. The number of hydrogen-bond acceptors (Lipinski definition) is 3. The van der Waals surface area contributed by atoms with Crippen molar-refractivity contribution in [1.29, 1.82) is 0 Å². The maximum Gasteiger partial charge on any atom is 0.309 e. The molecule has 0 radical (unpaired) electrons. The number of esters is 1. The number of hydrogen-bond donors (Lipinski definition) is 1. The third-order valence-corrected chi connectivity index (χ3v) is 3.51. The van der Waals surface area contributed by atoms with Gasteiger partial charge in [0.1, 0.15) is 0 Å². The molecule has 0 unspecified atom stereocenters. The van der Waals surface area contributed by atoms with Gasteiger partial charge in [-0.05, 0) is 25.0 Å². The first-order valence-corrected chi connectivity index (χ1v) is 6.75. The summed E-state index contributed by atoms with van der Waals surface area (Å²) in [5, 5.41) is 3.06. The van der Waals surface area contributed by atoms with Gasteiger partial charge in [0.15, 0.2) is 6.61 Å². The van der Waals surface area contributed by atoms with Gasteiger partial charge < -0.3 is 10.1 Å². The van der Waals surface area contributed by atoms with Crippen LogP contribution in [-0.4, -0.2) is 18.5 Å². The average Bonchev–Trinajstić information content (AvgIpc) is 2.93. The lowest BCUT2D eigenvalue weighted by Crippen LogP contribution is -2.23. The summed E-state index contributed by atoms with van der Waals surface area (Å²) in [4.78, 5) is 23.3. The second kappa shape index (κ2) is 6.57. The van der Waals surface area contributed by atoms with E-state index in [0.29, 0.717) is 10.7 Å². The number of halogens is 1. The zero-order valence-corrected chi connectivity index (χ0v) is 11.3. The monoisotopic (exact) mass is 281 g/mol. The third-order valence-electron chi connectivity index (χ3n) is 3.18. The summed E-state index contributed by atoms with van der Waals surface area (Å²) in [7, 11) is 0. The molecule has 1 aliphatic carbocycles. The summed E-state index contributed by atoms with van der Waals surface area (Å²) in [6, 6.07) is 6.92. The summed E-state index contributed by atoms with van der Waals surface area (Å²) < 4.78 is 5.01. The van der Waals surface area contributed by atoms with Crippen molar-refractivity contribution in [2.75, 3.05) is 11.9 Å². The van der Waals surface area contributed by atoms with Crippen LogP contribution >= 0.6 is 11.6 Å². The molecule has 1 aromatic rings. The van der Waals surface area contributed by atoms with Crippen LogP contribution in [0, 0.1) is 5.92 Å². The molecule has 2 rings (SSSR count). The molecule has 1 aliphatic rings. The van der Waals surface area contributed by atoms with Crippen LogP contribution in [0.5, 0.6) is 0 Å². The van der Waals surface area contributed by atoms with E-state index in [-0.39, 0.29) is 24.4 Å². The Balaban J connectivity index is 1.78. The SMILES string of the molecule is O=C(COC(=O)C1CCCC1)Nc1ccccc1Cl. The van der Waals surface area contributed by atoms with Gasteiger partial charge in [0, 0.05) is 0 Å². The molecule has 1 saturated carbocycles. The zero-order chi connectivity index (χ0) is 13.7. The van der Waals surface area contributed by atoms with E-state index in [9.17, 15) is 9.59 Å². The van der Waals surface area contributed by atoms with Crippen LogP contribution in [0.15, 0.2) is 24.3 Å². The normalized spacial score (nSPS) is 15.2. The predicted molar refractivity (Wildman–Crippen MR) is 73.0 cm³/mol. The zero-order valence-electron chi connectivity index (χ0n) is 10.5. The smallest absolute Gasteiger partial charge is 0.309 e. The fourth-order valence-corrected chi connectivity index (χ4v) is 2.35. The molecular formula is C14H16ClNO3. The molecule has 0 aliphatic heterocycles. The molecule has 1 fully saturated rings. The van der Waals surface area contributed by atoms with E-state index in [0.717, 1.165) is 25.7 Å². The molecule has 0 heterocycles. The maximum absolute atomic E-state index is 11.6. The Labute approximate surface area is 117 Å². The van der Waals surface area contributed by atoms with Gasteiger partial charge in [0.2, 0.25) is 0 Å². The molecular weight excluding hydrogens is 266 g/mol. The van der Waals surface area contributed by atoms with Crippen LogP contribution in [0.1, 0.15) is 25.7 Å². The van der Waals surface area contributed by atoms with Crippen molar-refractivity contribution in [2.45, 2.75) is 25.7 Å². The van der Waals surface area contributed by atoms with Gasteiger partial charge in [0.05, 0.1) is 16.6 Å². The van der Waals surface area contributed by atoms with Gasteiger partial charge in [0.25, 0.3) is 5.91 Å². The van der Waals surface area contributed by atoms with E-state index in [1.54, 1.807) is 24.3 Å². The standard InChI is InChI=1S/C14H16ClNO3/c15-11-7-3-4-8-12(11)16-13(17)9-19-14(18)10-5-1-2-6-10/h3-4,7-8,10H,1-2,5-6,9H2,(H,16,17). The molecule has 0 saturated heterocycles. The van der Waals surface area contributed by atoms with Gasteiger partial charge >= 0.3 is 5.97 Å². The van der Waals surface area contributed by atoms with E-state index in [4.69, 9.17) is 16.3 Å². The topological polar surface area (TPSA) is 55.4 Å². The highest BCUT2D eigenvalue weighted by Gasteiger charge is 2.24. The molecule has 1 aromatic carbocycles. The summed E-state index contributed by atoms with van der Waals surface area (Å²) in [5.41, 5.74) is 0.520. The highest BCUT2D eigenvalue weighted by molar-refractivity contribution is 6.33. The Hall–Kier alpha value is -1.55. The molecule has 0 spiro atoms. The Bertz CT molecular complexity index is 470. The number of para-hydroxylation sites is 1. The summed E-state index contributed by atoms with van der Waals surface area (Å²) >= 11 is 5.91. The number of amides is 1. The lowest BCUT2D eigenvalue weighted by molar-refractivity contribution is -0.151. The van der Waals surface area contributed by atoms with Gasteiger partial charge in [-0.2, -0.15) is 0 Å². The van der Waals surface area contributed by atoms with Gasteiger partial charge in [-0.15, -0.1) is 0 Å². The Morgan fingerprint density at radius 2 is 1.95 bits per heavy atom. The number of rotatable bonds is 4. The minimum Gasteiger partial charge on any atom is -0.455 e. The largest absolute Gasteiger partial charge is 0.455 e. The average molecular weight is 282 g/mol. The molecule has 0 bridgehead atoms. The van der Waals surface area contributed by atoms with Crippen LogP contribution in [0.2, 0.25) is 5.02 Å². The van der Waals surface area contributed by atoms with Crippen molar-refractivity contribution in [3.63, 3.8) is 0 Å². The molecule has 5 heteroatoms. The predicted octanol–water partition coefficient (Wildman–Crippen LogP) is 3.01. The van der Waals surface area contributed by atoms with Crippen LogP contribution in [0.25, 0.3) is 0 Å². The minimum atomic E-state index is -0.376. The van der Waals surface area contributed by atoms with Crippen molar-refractivity contribution in [3.05, 3.63) is 29.3 Å². The first-order chi connectivity index (χ1) is 9.16. The van der Waals surface area contributed by atoms with Gasteiger partial charge in [-0.3, -0.25) is 9.59 Å². The molecule has 4 nitrogen and oxygen atoms in total. The Kier molecular flexibility index (Phi) is 4.80. The molecule has 1 amide bonds. The third kappa shape index (κ3) is 3.96. The van der Waals surface area contributed by atoms with Crippen molar-refractivity contribution in [2.24, 2.45) is 5.92 Å². The molecule has 19 heavy (non-hydrogen) atoms. The number of nitrogens with one attached hydrogen (secondary N) is 1. The van der Waals surface area contributed by atoms with Crippen LogP contribution in [0.3, 0.4) is 0 Å². The first-order valence-electron chi connectivity index (χ1n) is 6.38. The second-order valence-electron chi connectivity index (χ2n) is 4.62. The van der Waals surface area contributed by atoms with E-state index in [2.05, 4.69) is 5.32 Å². The van der Waals surface area contributed by atoms with Crippen molar-refractivity contribution < 1.29 is 14.3 Å². The summed E-state index contributed by atoms with van der Waals surface area (Å²) in [5.74, 6) is -0.681. The molecule has 0 aromatic heterocycles. The van der Waals surface area contributed by atoms with Gasteiger partial charge in [-0.25, -0.2) is 0 Å². The van der Waals surface area contributed by atoms with Gasteiger partial charge in [-0.1, -0.05) is 36.6 Å². The second-order valence-corrected chi connectivity index (χ2v) is 5.02. The quantitative estimate of drug-likeness (QED) is 0.863. The van der Waals surface area contributed by atoms with Crippen LogP contribution in [-0.2, 0) is 14.3 Å². The number of anilines is 1. The van der Waals surface area contributed by atoms with E-state index < -0.39 is 0 Å². The van der Waals surface area contributed by atoms with E-state index in [1.165, 1.54) is 0 Å². The highest BCUT2D eigenvalue weighted by atomic mass is 35.5. The fourth-order valence-electron chi connectivity index (χ4n) is 2.16. The van der Waals surface area contributed by atoms with E-state index in [1.807, 2.05) is 0 Å². The highest BCUT2D eigenvalue weighted by Crippen LogP contribution is 2.25. The maximum atomic E-state index is 11.6. The Morgan fingerprint density at radius 1 is 1.26 bits per heavy atom. The summed E-state index contributed by atoms with van der Waals surface area (Å²) in [6.45, 7) is -0.263. The minimum absolute atomic E-state index is 0.0342. The number of ether oxygens (including phenoxy) is 1. The molecule has 0 atom stereocenters. The number of benzene rings is 1. The first kappa shape index (κ1) is 13.9. The summed E-state index contributed by atoms with van der Waals surface area (Å²) in [6.07, 6.45) is 3.85.